The second-order valence-electron chi connectivity index (χ2n) is 2.53. The molecule has 0 aliphatic rings. The fourth-order valence-corrected chi connectivity index (χ4v) is 2.64. The van der Waals surface area contributed by atoms with Crippen LogP contribution in [0.1, 0.15) is 5.56 Å². The first kappa shape index (κ1) is 8.83. The van der Waals surface area contributed by atoms with Crippen LogP contribution in [0.5, 0.6) is 0 Å². The monoisotopic (exact) mass is 227 g/mol. The summed E-state index contributed by atoms with van der Waals surface area (Å²) < 4.78 is 0.936. The molecule has 4 heteroatoms. The molecule has 0 atom stereocenters. The number of halogens is 2. The number of hydrogen-bond acceptors (Lipinski definition) is 2. The van der Waals surface area contributed by atoms with Gasteiger partial charge in [-0.15, -0.1) is 11.3 Å². The number of benzene rings is 1. The summed E-state index contributed by atoms with van der Waals surface area (Å²) in [5.74, 6) is 0. The molecule has 64 valence electrons. The molecular formula is C9H3Cl2NS. The maximum absolute atomic E-state index is 8.70. The van der Waals surface area contributed by atoms with Crippen LogP contribution in [0, 0.1) is 11.3 Å². The van der Waals surface area contributed by atoms with E-state index in [1.807, 2.05) is 11.4 Å². The minimum absolute atomic E-state index is 0.540. The Morgan fingerprint density at radius 2 is 2.00 bits per heavy atom. The number of fused-ring (bicyclic) bond motifs is 1. The summed E-state index contributed by atoms with van der Waals surface area (Å²) in [7, 11) is 0. The Morgan fingerprint density at radius 3 is 2.69 bits per heavy atom. The van der Waals surface area contributed by atoms with Gasteiger partial charge in [0.1, 0.15) is 0 Å². The molecule has 2 aromatic rings. The third-order valence-electron chi connectivity index (χ3n) is 1.71. The molecule has 0 fully saturated rings. The molecule has 0 spiro atoms. The number of nitrogens with zero attached hydrogens (tertiary/aromatic N) is 1. The predicted molar refractivity (Wildman–Crippen MR) is 56.6 cm³/mol. The molecule has 0 N–H and O–H groups in total. The van der Waals surface area contributed by atoms with Crippen LogP contribution in [0.2, 0.25) is 10.0 Å². The molecule has 0 saturated carbocycles. The van der Waals surface area contributed by atoms with Crippen molar-refractivity contribution in [2.75, 3.05) is 0 Å². The zero-order valence-corrected chi connectivity index (χ0v) is 8.67. The Hall–Kier alpha value is -0.750. The fraction of sp³-hybridized carbons (Fsp3) is 0. The number of rotatable bonds is 0. The minimum atomic E-state index is 0.540. The molecule has 1 heterocycles. The first-order chi connectivity index (χ1) is 6.22. The van der Waals surface area contributed by atoms with Crippen LogP contribution < -0.4 is 0 Å². The zero-order chi connectivity index (χ0) is 9.42. The van der Waals surface area contributed by atoms with Gasteiger partial charge in [-0.1, -0.05) is 23.2 Å². The highest BCUT2D eigenvalue weighted by Crippen LogP contribution is 2.35. The van der Waals surface area contributed by atoms with Gasteiger partial charge in [0.2, 0.25) is 0 Å². The molecule has 0 amide bonds. The highest BCUT2D eigenvalue weighted by Gasteiger charge is 2.07. The van der Waals surface area contributed by atoms with E-state index in [2.05, 4.69) is 0 Å². The molecule has 2 rings (SSSR count). The van der Waals surface area contributed by atoms with E-state index in [4.69, 9.17) is 28.5 Å². The van der Waals surface area contributed by atoms with Gasteiger partial charge >= 0.3 is 0 Å². The lowest BCUT2D eigenvalue weighted by atomic mass is 10.2. The first-order valence-corrected chi connectivity index (χ1v) is 5.12. The van der Waals surface area contributed by atoms with E-state index in [0.29, 0.717) is 15.6 Å². The largest absolute Gasteiger partial charge is 0.192 e. The van der Waals surface area contributed by atoms with Gasteiger partial charge in [-0.05, 0) is 12.1 Å². The van der Waals surface area contributed by atoms with E-state index >= 15 is 0 Å². The predicted octanol–water partition coefficient (Wildman–Crippen LogP) is 4.08. The van der Waals surface area contributed by atoms with Gasteiger partial charge in [0.05, 0.1) is 26.4 Å². The van der Waals surface area contributed by atoms with Crippen LogP contribution in [0.4, 0.5) is 0 Å². The summed E-state index contributed by atoms with van der Waals surface area (Å²) in [4.78, 5) is 0. The van der Waals surface area contributed by atoms with Crippen LogP contribution in [-0.4, -0.2) is 0 Å². The Bertz CT molecular complexity index is 510. The van der Waals surface area contributed by atoms with Crippen molar-refractivity contribution in [2.45, 2.75) is 0 Å². The van der Waals surface area contributed by atoms with Gasteiger partial charge in [0.25, 0.3) is 0 Å². The highest BCUT2D eigenvalue weighted by molar-refractivity contribution is 7.18. The average Bonchev–Trinajstić information content (AvgIpc) is 2.48. The smallest absolute Gasteiger partial charge is 0.0992 e. The zero-order valence-electron chi connectivity index (χ0n) is 6.34. The van der Waals surface area contributed by atoms with Gasteiger partial charge in [0.15, 0.2) is 0 Å². The SMILES string of the molecule is N#Cc1cc(Cl)c2scc(Cl)c2c1. The quantitative estimate of drug-likeness (QED) is 0.666. The Morgan fingerprint density at radius 1 is 1.23 bits per heavy atom. The summed E-state index contributed by atoms with van der Waals surface area (Å²) in [6, 6.07) is 5.44. The third-order valence-corrected chi connectivity index (χ3v) is 3.59. The van der Waals surface area contributed by atoms with Crippen LogP contribution in [0.15, 0.2) is 17.5 Å². The van der Waals surface area contributed by atoms with Gasteiger partial charge in [-0.25, -0.2) is 0 Å². The second kappa shape index (κ2) is 3.19. The molecule has 0 aliphatic carbocycles. The fourth-order valence-electron chi connectivity index (χ4n) is 1.13. The van der Waals surface area contributed by atoms with E-state index in [1.54, 1.807) is 12.1 Å². The van der Waals surface area contributed by atoms with Gasteiger partial charge in [-0.3, -0.25) is 0 Å². The van der Waals surface area contributed by atoms with Gasteiger partial charge in [-0.2, -0.15) is 5.26 Å². The standard InChI is InChI=1S/C9H3Cl2NS/c10-7-2-5(3-12)1-6-8(11)4-13-9(6)7/h1-2,4H. The van der Waals surface area contributed by atoms with Crippen LogP contribution in [0.3, 0.4) is 0 Å². The summed E-state index contributed by atoms with van der Waals surface area (Å²) in [6.07, 6.45) is 0. The molecule has 1 aromatic carbocycles. The number of nitriles is 1. The van der Waals surface area contributed by atoms with Crippen molar-refractivity contribution >= 4 is 44.6 Å². The van der Waals surface area contributed by atoms with Crippen molar-refractivity contribution in [2.24, 2.45) is 0 Å². The highest BCUT2D eigenvalue weighted by atomic mass is 35.5. The average molecular weight is 228 g/mol. The molecule has 13 heavy (non-hydrogen) atoms. The summed E-state index contributed by atoms with van der Waals surface area (Å²) >= 11 is 13.4. The lowest BCUT2D eigenvalue weighted by molar-refractivity contribution is 1.50. The van der Waals surface area contributed by atoms with Crippen molar-refractivity contribution in [1.29, 1.82) is 5.26 Å². The van der Waals surface area contributed by atoms with E-state index in [0.717, 1.165) is 10.1 Å². The van der Waals surface area contributed by atoms with Crippen LogP contribution >= 0.6 is 34.5 Å². The molecule has 0 aliphatic heterocycles. The minimum Gasteiger partial charge on any atom is -0.192 e. The molecule has 1 aromatic heterocycles. The van der Waals surface area contributed by atoms with Crippen LogP contribution in [-0.2, 0) is 0 Å². The van der Waals surface area contributed by atoms with Crippen molar-refractivity contribution in [3.63, 3.8) is 0 Å². The normalized spacial score (nSPS) is 10.2. The third kappa shape index (κ3) is 1.40. The number of hydrogen-bond donors (Lipinski definition) is 0. The Balaban J connectivity index is 2.90. The van der Waals surface area contributed by atoms with E-state index in [9.17, 15) is 0 Å². The first-order valence-electron chi connectivity index (χ1n) is 3.48. The Labute approximate surface area is 89.1 Å². The Kier molecular flexibility index (Phi) is 2.17. The molecule has 0 radical (unpaired) electrons. The topological polar surface area (TPSA) is 23.8 Å². The second-order valence-corrected chi connectivity index (χ2v) is 4.22. The molecule has 1 nitrogen and oxygen atoms in total. The summed E-state index contributed by atoms with van der Waals surface area (Å²) in [5, 5.41) is 12.6. The number of thiophene rings is 1. The lowest BCUT2D eigenvalue weighted by Crippen LogP contribution is -1.74. The van der Waals surface area contributed by atoms with Crippen LogP contribution in [0.25, 0.3) is 10.1 Å². The maximum Gasteiger partial charge on any atom is 0.0992 e. The van der Waals surface area contributed by atoms with E-state index < -0.39 is 0 Å². The summed E-state index contributed by atoms with van der Waals surface area (Å²) in [5.41, 5.74) is 0.540. The van der Waals surface area contributed by atoms with E-state index in [-0.39, 0.29) is 0 Å². The summed E-state index contributed by atoms with van der Waals surface area (Å²) in [6.45, 7) is 0. The maximum atomic E-state index is 8.70. The molecule has 0 saturated heterocycles. The van der Waals surface area contributed by atoms with Crippen molar-refractivity contribution in [1.82, 2.24) is 0 Å². The van der Waals surface area contributed by atoms with Gasteiger partial charge < -0.3 is 0 Å². The van der Waals surface area contributed by atoms with Crippen molar-refractivity contribution < 1.29 is 0 Å². The lowest BCUT2D eigenvalue weighted by Gasteiger charge is -1.94. The van der Waals surface area contributed by atoms with E-state index in [1.165, 1.54) is 11.3 Å². The molecular weight excluding hydrogens is 225 g/mol. The van der Waals surface area contributed by atoms with Crippen molar-refractivity contribution in [3.05, 3.63) is 33.1 Å². The van der Waals surface area contributed by atoms with Gasteiger partial charge in [0, 0.05) is 10.8 Å². The van der Waals surface area contributed by atoms with Crippen molar-refractivity contribution in [3.8, 4) is 6.07 Å². The molecule has 0 unspecified atom stereocenters. The molecule has 0 bridgehead atoms.